The molecule has 0 spiro atoms. The summed E-state index contributed by atoms with van der Waals surface area (Å²) < 4.78 is 13.5. The minimum absolute atomic E-state index is 0.201. The first-order valence-corrected chi connectivity index (χ1v) is 8.81. The molecule has 0 saturated carbocycles. The molecule has 1 aromatic carbocycles. The van der Waals surface area contributed by atoms with E-state index in [0.29, 0.717) is 10.5 Å². The molecule has 1 aromatic rings. The summed E-state index contributed by atoms with van der Waals surface area (Å²) >= 11 is 3.77. The van der Waals surface area contributed by atoms with Gasteiger partial charge in [-0.25, -0.2) is 4.39 Å². The summed E-state index contributed by atoms with van der Waals surface area (Å²) in [6.07, 6.45) is 3.04. The highest BCUT2D eigenvalue weighted by molar-refractivity contribution is 8.06. The van der Waals surface area contributed by atoms with E-state index in [1.165, 1.54) is 6.07 Å². The highest BCUT2D eigenvalue weighted by Crippen LogP contribution is 2.31. The average Bonchev–Trinajstić information content (AvgIpc) is 2.57. The van der Waals surface area contributed by atoms with Crippen LogP contribution in [0.2, 0.25) is 0 Å². The molecule has 0 aromatic heterocycles. The zero-order valence-corrected chi connectivity index (χ0v) is 13.7. The summed E-state index contributed by atoms with van der Waals surface area (Å²) in [5.41, 5.74) is 1.76. The van der Waals surface area contributed by atoms with Gasteiger partial charge in [0.1, 0.15) is 5.82 Å². The molecule has 0 fully saturated rings. The molecule has 0 N–H and O–H groups in total. The Labute approximate surface area is 129 Å². The molecule has 1 heterocycles. The molecule has 0 saturated heterocycles. The topological polar surface area (TPSA) is 0 Å². The lowest BCUT2D eigenvalue weighted by atomic mass is 10.1. The van der Waals surface area contributed by atoms with Crippen LogP contribution in [-0.4, -0.2) is 16.3 Å². The van der Waals surface area contributed by atoms with Crippen molar-refractivity contribution in [3.63, 3.8) is 0 Å². The summed E-state index contributed by atoms with van der Waals surface area (Å²) in [5, 5.41) is 1.07. The molecule has 2 unspecified atom stereocenters. The van der Waals surface area contributed by atoms with E-state index in [4.69, 9.17) is 0 Å². The van der Waals surface area contributed by atoms with Crippen LogP contribution in [0, 0.1) is 17.7 Å². The van der Waals surface area contributed by atoms with Crippen molar-refractivity contribution >= 4 is 23.5 Å². The first-order chi connectivity index (χ1) is 9.56. The van der Waals surface area contributed by atoms with Crippen molar-refractivity contribution in [3.8, 4) is 11.8 Å². The lowest BCUT2D eigenvalue weighted by Crippen LogP contribution is -1.99. The molecule has 20 heavy (non-hydrogen) atoms. The van der Waals surface area contributed by atoms with Gasteiger partial charge in [-0.2, -0.15) is 11.8 Å². The highest BCUT2D eigenvalue weighted by atomic mass is 32.2. The van der Waals surface area contributed by atoms with Crippen molar-refractivity contribution in [2.45, 2.75) is 37.7 Å². The van der Waals surface area contributed by atoms with Crippen molar-refractivity contribution in [2.75, 3.05) is 5.75 Å². The van der Waals surface area contributed by atoms with Gasteiger partial charge in [0.25, 0.3) is 0 Å². The minimum Gasteiger partial charge on any atom is -0.207 e. The predicted octanol–water partition coefficient (Wildman–Crippen LogP) is 4.88. The Morgan fingerprint density at radius 3 is 2.80 bits per heavy atom. The van der Waals surface area contributed by atoms with Crippen LogP contribution in [0.1, 0.15) is 31.9 Å². The predicted molar refractivity (Wildman–Crippen MR) is 89.7 cm³/mol. The Morgan fingerprint density at radius 2 is 2.05 bits per heavy atom. The Hall–Kier alpha value is -0.850. The van der Waals surface area contributed by atoms with Crippen LogP contribution in [0.3, 0.4) is 0 Å². The molecule has 0 nitrogen and oxygen atoms in total. The summed E-state index contributed by atoms with van der Waals surface area (Å²) in [6.45, 7) is 6.45. The number of allylic oxidation sites excluding steroid dienone is 1. The van der Waals surface area contributed by atoms with E-state index in [9.17, 15) is 4.39 Å². The normalized spacial score (nSPS) is 22.5. The number of hydrogen-bond acceptors (Lipinski definition) is 2. The van der Waals surface area contributed by atoms with Gasteiger partial charge in [0.05, 0.1) is 4.91 Å². The fourth-order valence-electron chi connectivity index (χ4n) is 1.97. The maximum Gasteiger partial charge on any atom is 0.124 e. The van der Waals surface area contributed by atoms with E-state index in [0.717, 1.165) is 28.2 Å². The number of benzene rings is 1. The van der Waals surface area contributed by atoms with Gasteiger partial charge < -0.3 is 0 Å². The smallest absolute Gasteiger partial charge is 0.124 e. The summed E-state index contributed by atoms with van der Waals surface area (Å²) in [7, 11) is 0. The quantitative estimate of drug-likeness (QED) is 0.678. The molecule has 2 atom stereocenters. The number of aryl methyl sites for hydroxylation is 1. The zero-order valence-electron chi connectivity index (χ0n) is 12.1. The standard InChI is InChI=1S/C17H19FS2/c1-4-14-8-15(10-16(18)9-14)5-6-17-7-12(2)19-11-13(3)20-17/h7-10,12-13H,4,11H2,1-3H3. The molecule has 0 aliphatic carbocycles. The van der Waals surface area contributed by atoms with Crippen LogP contribution in [0.5, 0.6) is 0 Å². The van der Waals surface area contributed by atoms with E-state index >= 15 is 0 Å². The van der Waals surface area contributed by atoms with Crippen LogP contribution in [0.4, 0.5) is 4.39 Å². The van der Waals surface area contributed by atoms with E-state index < -0.39 is 0 Å². The number of thioether (sulfide) groups is 2. The number of halogens is 1. The minimum atomic E-state index is -0.201. The van der Waals surface area contributed by atoms with Crippen LogP contribution in [0.25, 0.3) is 0 Å². The van der Waals surface area contributed by atoms with Crippen molar-refractivity contribution in [2.24, 2.45) is 0 Å². The lowest BCUT2D eigenvalue weighted by Gasteiger charge is -2.05. The van der Waals surface area contributed by atoms with Crippen molar-refractivity contribution in [1.29, 1.82) is 0 Å². The van der Waals surface area contributed by atoms with E-state index in [-0.39, 0.29) is 5.82 Å². The van der Waals surface area contributed by atoms with E-state index in [2.05, 4.69) is 31.8 Å². The highest BCUT2D eigenvalue weighted by Gasteiger charge is 2.13. The number of rotatable bonds is 1. The first-order valence-electron chi connectivity index (χ1n) is 6.88. The summed E-state index contributed by atoms with van der Waals surface area (Å²) in [5.74, 6) is 7.27. The van der Waals surface area contributed by atoms with Gasteiger partial charge in [0.2, 0.25) is 0 Å². The third-order valence-corrected chi connectivity index (χ3v) is 5.63. The van der Waals surface area contributed by atoms with Gasteiger partial charge in [-0.15, -0.1) is 11.8 Å². The molecule has 3 heteroatoms. The van der Waals surface area contributed by atoms with Crippen LogP contribution >= 0.6 is 23.5 Å². The summed E-state index contributed by atoms with van der Waals surface area (Å²) in [6, 6.07) is 5.06. The molecular formula is C17H19FS2. The largest absolute Gasteiger partial charge is 0.207 e. The zero-order chi connectivity index (χ0) is 14.5. The second kappa shape index (κ2) is 7.24. The third-order valence-electron chi connectivity index (χ3n) is 3.00. The fourth-order valence-corrected chi connectivity index (χ4v) is 4.20. The van der Waals surface area contributed by atoms with E-state index in [1.54, 1.807) is 6.07 Å². The van der Waals surface area contributed by atoms with Crippen LogP contribution in [0.15, 0.2) is 29.2 Å². The SMILES string of the molecule is CCc1cc(F)cc(C#CC2=CC(C)SCC(C)S2)c1. The maximum absolute atomic E-state index is 13.5. The Balaban J connectivity index is 2.23. The molecule has 0 radical (unpaired) electrons. The Morgan fingerprint density at radius 1 is 1.25 bits per heavy atom. The Bertz CT molecular complexity index is 566. The van der Waals surface area contributed by atoms with Crippen molar-refractivity contribution in [1.82, 2.24) is 0 Å². The third kappa shape index (κ3) is 4.61. The monoisotopic (exact) mass is 306 g/mol. The van der Waals surface area contributed by atoms with Crippen molar-refractivity contribution < 1.29 is 4.39 Å². The van der Waals surface area contributed by atoms with Crippen LogP contribution in [-0.2, 0) is 6.42 Å². The molecule has 1 aliphatic heterocycles. The summed E-state index contributed by atoms with van der Waals surface area (Å²) in [4.78, 5) is 1.11. The molecule has 0 amide bonds. The second-order valence-corrected chi connectivity index (χ2v) is 7.84. The second-order valence-electron chi connectivity index (χ2n) is 4.95. The number of hydrogen-bond donors (Lipinski definition) is 0. The average molecular weight is 306 g/mol. The van der Waals surface area contributed by atoms with Gasteiger partial charge in [0.15, 0.2) is 0 Å². The van der Waals surface area contributed by atoms with E-state index in [1.807, 2.05) is 36.5 Å². The molecule has 106 valence electrons. The molecule has 0 bridgehead atoms. The first kappa shape index (κ1) is 15.5. The Kier molecular flexibility index (Phi) is 5.63. The van der Waals surface area contributed by atoms with Gasteiger partial charge in [-0.1, -0.05) is 25.7 Å². The molecule has 1 aliphatic rings. The molecular weight excluding hydrogens is 287 g/mol. The van der Waals surface area contributed by atoms with Crippen molar-refractivity contribution in [3.05, 3.63) is 46.1 Å². The maximum atomic E-state index is 13.5. The van der Waals surface area contributed by atoms with Crippen LogP contribution < -0.4 is 0 Å². The van der Waals surface area contributed by atoms with Gasteiger partial charge >= 0.3 is 0 Å². The van der Waals surface area contributed by atoms with Gasteiger partial charge in [-0.3, -0.25) is 0 Å². The fraction of sp³-hybridized carbons (Fsp3) is 0.412. The lowest BCUT2D eigenvalue weighted by molar-refractivity contribution is 0.625. The van der Waals surface area contributed by atoms with Gasteiger partial charge in [-0.05, 0) is 43.2 Å². The van der Waals surface area contributed by atoms with Gasteiger partial charge in [0, 0.05) is 21.8 Å². The molecule has 2 rings (SSSR count).